The van der Waals surface area contributed by atoms with Crippen molar-refractivity contribution in [1.29, 1.82) is 0 Å². The van der Waals surface area contributed by atoms with Gasteiger partial charge in [0.05, 0.1) is 6.61 Å². The molecule has 0 saturated carbocycles. The molecule has 0 spiro atoms. The van der Waals surface area contributed by atoms with E-state index in [1.54, 1.807) is 0 Å². The molecule has 2 aromatic heterocycles. The molecule has 2 rings (SSSR count). The normalized spacial score (nSPS) is 10.6. The molecule has 0 aliphatic carbocycles. The molecule has 0 amide bonds. The third-order valence-corrected chi connectivity index (χ3v) is 1.83. The average molecular weight is 224 g/mol. The highest BCUT2D eigenvalue weighted by atomic mass is 16.5. The van der Waals surface area contributed by atoms with Crippen molar-refractivity contribution in [1.82, 2.24) is 10.1 Å². The van der Waals surface area contributed by atoms with E-state index < -0.39 is 5.97 Å². The molecule has 0 radical (unpaired) electrons. The van der Waals surface area contributed by atoms with Crippen LogP contribution in [0.25, 0.3) is 11.6 Å². The van der Waals surface area contributed by atoms with E-state index >= 15 is 0 Å². The predicted molar refractivity (Wildman–Crippen MR) is 49.7 cm³/mol. The number of methoxy groups -OCH3 is 1. The summed E-state index contributed by atoms with van der Waals surface area (Å²) < 4.78 is 14.5. The van der Waals surface area contributed by atoms with E-state index in [4.69, 9.17) is 14.3 Å². The summed E-state index contributed by atoms with van der Waals surface area (Å²) >= 11 is 0. The van der Waals surface area contributed by atoms with Gasteiger partial charge in [0.1, 0.15) is 12.0 Å². The first kappa shape index (κ1) is 10.4. The zero-order chi connectivity index (χ0) is 11.5. The minimum Gasteiger partial charge on any atom is -0.475 e. The summed E-state index contributed by atoms with van der Waals surface area (Å²) in [5, 5.41) is 12.5. The van der Waals surface area contributed by atoms with Gasteiger partial charge in [0.15, 0.2) is 5.69 Å². The minimum atomic E-state index is -1.20. The smallest absolute Gasteiger partial charge is 0.373 e. The molecule has 0 fully saturated rings. The monoisotopic (exact) mass is 224 g/mol. The first-order chi connectivity index (χ1) is 7.72. The Balaban J connectivity index is 2.42. The van der Waals surface area contributed by atoms with E-state index in [-0.39, 0.29) is 24.0 Å². The van der Waals surface area contributed by atoms with E-state index in [1.165, 1.54) is 19.4 Å². The molecule has 0 aliphatic rings. The van der Waals surface area contributed by atoms with Gasteiger partial charge in [-0.15, -0.1) is 0 Å². The van der Waals surface area contributed by atoms with Crippen LogP contribution in [0.5, 0.6) is 0 Å². The Morgan fingerprint density at radius 3 is 3.00 bits per heavy atom. The molecule has 1 N–H and O–H groups in total. The van der Waals surface area contributed by atoms with Crippen molar-refractivity contribution in [2.75, 3.05) is 7.11 Å². The van der Waals surface area contributed by atoms with Gasteiger partial charge < -0.3 is 18.8 Å². The summed E-state index contributed by atoms with van der Waals surface area (Å²) in [7, 11) is 1.44. The largest absolute Gasteiger partial charge is 0.475 e. The van der Waals surface area contributed by atoms with Gasteiger partial charge in [0.25, 0.3) is 0 Å². The Kier molecular flexibility index (Phi) is 2.69. The molecule has 0 unspecified atom stereocenters. The third kappa shape index (κ3) is 1.80. The first-order valence-electron chi connectivity index (χ1n) is 4.35. The number of carboxylic acids is 1. The van der Waals surface area contributed by atoms with Crippen LogP contribution in [0.1, 0.15) is 16.2 Å². The van der Waals surface area contributed by atoms with Gasteiger partial charge in [0, 0.05) is 13.2 Å². The van der Waals surface area contributed by atoms with Crippen molar-refractivity contribution < 1.29 is 23.6 Å². The number of aromatic nitrogens is 2. The van der Waals surface area contributed by atoms with Crippen molar-refractivity contribution in [3.8, 4) is 11.6 Å². The van der Waals surface area contributed by atoms with Gasteiger partial charge in [-0.25, -0.2) is 9.78 Å². The fourth-order valence-corrected chi connectivity index (χ4v) is 1.19. The lowest BCUT2D eigenvalue weighted by atomic mass is 10.3. The summed E-state index contributed by atoms with van der Waals surface area (Å²) in [4.78, 5) is 14.8. The van der Waals surface area contributed by atoms with Crippen LogP contribution in [0.3, 0.4) is 0 Å². The molecule has 0 saturated heterocycles. The number of carbonyl (C=O) groups is 1. The quantitative estimate of drug-likeness (QED) is 0.832. The van der Waals surface area contributed by atoms with E-state index in [1.807, 2.05) is 0 Å². The molecule has 0 bridgehead atoms. The summed E-state index contributed by atoms with van der Waals surface area (Å²) in [5.41, 5.74) is 0.554. The molecule has 2 aromatic rings. The number of aromatic carboxylic acids is 1. The highest BCUT2D eigenvalue weighted by molar-refractivity contribution is 5.86. The van der Waals surface area contributed by atoms with Gasteiger partial charge in [-0.05, 0) is 0 Å². The van der Waals surface area contributed by atoms with E-state index in [0.717, 1.165) is 0 Å². The van der Waals surface area contributed by atoms with Crippen molar-refractivity contribution in [2.24, 2.45) is 0 Å². The Bertz CT molecular complexity index is 488. The van der Waals surface area contributed by atoms with Crippen molar-refractivity contribution in [3.05, 3.63) is 23.8 Å². The lowest BCUT2D eigenvalue weighted by Gasteiger charge is -1.92. The maximum atomic E-state index is 10.8. The number of oxazole rings is 1. The molecule has 84 valence electrons. The van der Waals surface area contributed by atoms with Crippen LogP contribution in [0.4, 0.5) is 0 Å². The molecule has 2 heterocycles. The number of nitrogens with zero attached hydrogens (tertiary/aromatic N) is 2. The van der Waals surface area contributed by atoms with Gasteiger partial charge in [0.2, 0.25) is 11.7 Å². The van der Waals surface area contributed by atoms with Gasteiger partial charge in [-0.3, -0.25) is 0 Å². The second-order valence-corrected chi connectivity index (χ2v) is 2.92. The highest BCUT2D eigenvalue weighted by Gasteiger charge is 2.21. The molecule has 16 heavy (non-hydrogen) atoms. The minimum absolute atomic E-state index is 0.0585. The van der Waals surface area contributed by atoms with E-state index in [9.17, 15) is 4.79 Å². The van der Waals surface area contributed by atoms with Crippen LogP contribution in [-0.4, -0.2) is 28.3 Å². The van der Waals surface area contributed by atoms with Crippen LogP contribution >= 0.6 is 0 Å². The van der Waals surface area contributed by atoms with Crippen LogP contribution in [0, 0.1) is 0 Å². The molecular weight excluding hydrogens is 216 g/mol. The van der Waals surface area contributed by atoms with Crippen molar-refractivity contribution in [3.63, 3.8) is 0 Å². The Morgan fingerprint density at radius 2 is 2.44 bits per heavy atom. The summed E-state index contributed by atoms with van der Waals surface area (Å²) in [5.74, 6) is -1.35. The number of ether oxygens (including phenoxy) is 1. The fourth-order valence-electron chi connectivity index (χ4n) is 1.19. The number of hydrogen-bond donors (Lipinski definition) is 1. The molecule has 0 atom stereocenters. The highest BCUT2D eigenvalue weighted by Crippen LogP contribution is 2.20. The van der Waals surface area contributed by atoms with Crippen molar-refractivity contribution >= 4 is 5.97 Å². The van der Waals surface area contributed by atoms with Crippen LogP contribution in [0.15, 0.2) is 21.3 Å². The SMILES string of the molecule is COCc1nc(-c2ccon2)oc1C(=O)O. The second kappa shape index (κ2) is 4.15. The number of hydrogen-bond acceptors (Lipinski definition) is 6. The summed E-state index contributed by atoms with van der Waals surface area (Å²) in [6.45, 7) is 0.0585. The van der Waals surface area contributed by atoms with Gasteiger partial charge in [-0.2, -0.15) is 0 Å². The average Bonchev–Trinajstić information content (AvgIpc) is 2.83. The van der Waals surface area contributed by atoms with Gasteiger partial charge >= 0.3 is 5.97 Å². The summed E-state index contributed by atoms with van der Waals surface area (Å²) in [6.07, 6.45) is 1.34. The molecule has 0 aliphatic heterocycles. The maximum Gasteiger partial charge on any atom is 0.373 e. The Labute approximate surface area is 89.6 Å². The Hall–Kier alpha value is -2.15. The predicted octanol–water partition coefficient (Wildman–Crippen LogP) is 1.17. The molecule has 7 heteroatoms. The fraction of sp³-hybridized carbons (Fsp3) is 0.222. The first-order valence-corrected chi connectivity index (χ1v) is 4.35. The Morgan fingerprint density at radius 1 is 1.62 bits per heavy atom. The van der Waals surface area contributed by atoms with Gasteiger partial charge in [-0.1, -0.05) is 5.16 Å². The van der Waals surface area contributed by atoms with Crippen molar-refractivity contribution in [2.45, 2.75) is 6.61 Å². The zero-order valence-corrected chi connectivity index (χ0v) is 8.34. The topological polar surface area (TPSA) is 98.6 Å². The van der Waals surface area contributed by atoms with Crippen LogP contribution in [0.2, 0.25) is 0 Å². The molecule has 0 aromatic carbocycles. The maximum absolute atomic E-state index is 10.8. The number of carboxylic acid groups (broad SMARTS) is 1. The van der Waals surface area contributed by atoms with E-state index in [2.05, 4.69) is 14.7 Å². The zero-order valence-electron chi connectivity index (χ0n) is 8.34. The lowest BCUT2D eigenvalue weighted by molar-refractivity contribution is 0.0656. The second-order valence-electron chi connectivity index (χ2n) is 2.92. The van der Waals surface area contributed by atoms with Crippen LogP contribution < -0.4 is 0 Å². The lowest BCUT2D eigenvalue weighted by Crippen LogP contribution is -2.00. The summed E-state index contributed by atoms with van der Waals surface area (Å²) in [6, 6.07) is 1.52. The third-order valence-electron chi connectivity index (χ3n) is 1.83. The van der Waals surface area contributed by atoms with E-state index in [0.29, 0.717) is 5.69 Å². The van der Waals surface area contributed by atoms with Crippen LogP contribution in [-0.2, 0) is 11.3 Å². The molecular formula is C9H8N2O5. The standard InChI is InChI=1S/C9H8N2O5/c1-14-4-6-7(9(12)13)16-8(10-6)5-2-3-15-11-5/h2-3H,4H2,1H3,(H,12,13). The molecule has 7 nitrogen and oxygen atoms in total. The number of rotatable bonds is 4.